The monoisotopic (exact) mass is 387 g/mol. The summed E-state index contributed by atoms with van der Waals surface area (Å²) >= 11 is 3.42. The normalized spacial score (nSPS) is 20.0. The van der Waals surface area contributed by atoms with Gasteiger partial charge in [-0.25, -0.2) is 14.9 Å². The lowest BCUT2D eigenvalue weighted by atomic mass is 10.1. The second-order valence-electron chi connectivity index (χ2n) is 5.80. The Balaban J connectivity index is 1.73. The molecule has 1 N–H and O–H groups in total. The average molecular weight is 388 g/mol. The lowest BCUT2D eigenvalue weighted by Crippen LogP contribution is -2.32. The molecular formula is C18H18BrN3O2. The number of aliphatic imine (C=N–C) groups is 1. The van der Waals surface area contributed by atoms with Crippen molar-refractivity contribution in [3.63, 3.8) is 0 Å². The molecule has 1 unspecified atom stereocenters. The highest BCUT2D eigenvalue weighted by Gasteiger charge is 2.37. The second-order valence-corrected chi connectivity index (χ2v) is 6.71. The number of amides is 1. The molecule has 0 fully saturated rings. The lowest BCUT2D eigenvalue weighted by molar-refractivity contribution is -0.164. The molecule has 124 valence electrons. The van der Waals surface area contributed by atoms with Crippen molar-refractivity contribution < 1.29 is 9.63 Å². The first kappa shape index (κ1) is 16.7. The smallest absolute Gasteiger partial charge is 0.229 e. The number of benzene rings is 2. The SMILES string of the molecule is CN1OC(C)(CC(=O)Nc2ccccc2)N=C1c1ccc(Br)cc1. The standard InChI is InChI=1S/C18H18BrN3O2/c1-18(12-16(23)20-15-6-4-3-5-7-15)21-17(22(2)24-18)13-8-10-14(19)11-9-13/h3-11H,12H2,1-2H3,(H,20,23). The van der Waals surface area contributed by atoms with Gasteiger partial charge in [0.05, 0.1) is 6.42 Å². The minimum atomic E-state index is -0.921. The summed E-state index contributed by atoms with van der Waals surface area (Å²) in [6, 6.07) is 17.2. The largest absolute Gasteiger partial charge is 0.326 e. The molecule has 2 aromatic carbocycles. The van der Waals surface area contributed by atoms with Gasteiger partial charge in [-0.2, -0.15) is 0 Å². The van der Waals surface area contributed by atoms with Crippen LogP contribution in [0.15, 0.2) is 64.1 Å². The van der Waals surface area contributed by atoms with Gasteiger partial charge in [-0.3, -0.25) is 4.79 Å². The molecule has 0 radical (unpaired) electrons. The van der Waals surface area contributed by atoms with Crippen molar-refractivity contribution in [3.05, 3.63) is 64.6 Å². The van der Waals surface area contributed by atoms with Crippen LogP contribution in [-0.4, -0.2) is 29.6 Å². The van der Waals surface area contributed by atoms with Gasteiger partial charge in [0.2, 0.25) is 5.91 Å². The van der Waals surface area contributed by atoms with Crippen LogP contribution in [0.3, 0.4) is 0 Å². The van der Waals surface area contributed by atoms with Crippen LogP contribution in [0.1, 0.15) is 18.9 Å². The fourth-order valence-electron chi connectivity index (χ4n) is 2.59. The van der Waals surface area contributed by atoms with Crippen molar-refractivity contribution in [1.82, 2.24) is 5.06 Å². The summed E-state index contributed by atoms with van der Waals surface area (Å²) in [6.45, 7) is 1.81. The van der Waals surface area contributed by atoms with Crippen LogP contribution in [0.2, 0.25) is 0 Å². The van der Waals surface area contributed by atoms with Gasteiger partial charge in [0.1, 0.15) is 0 Å². The van der Waals surface area contributed by atoms with Crippen molar-refractivity contribution in [2.75, 3.05) is 12.4 Å². The van der Waals surface area contributed by atoms with Gasteiger partial charge < -0.3 is 5.32 Å². The van der Waals surface area contributed by atoms with Gasteiger partial charge in [-0.1, -0.05) is 46.3 Å². The minimum absolute atomic E-state index is 0.131. The summed E-state index contributed by atoms with van der Waals surface area (Å²) in [6.07, 6.45) is 0.131. The third-order valence-corrected chi connectivity index (χ3v) is 4.15. The van der Waals surface area contributed by atoms with E-state index >= 15 is 0 Å². The van der Waals surface area contributed by atoms with Gasteiger partial charge in [-0.15, -0.1) is 0 Å². The first-order valence-corrected chi connectivity index (χ1v) is 8.38. The molecule has 2 aromatic rings. The van der Waals surface area contributed by atoms with E-state index in [2.05, 4.69) is 26.2 Å². The molecule has 0 aromatic heterocycles. The highest BCUT2D eigenvalue weighted by atomic mass is 79.9. The highest BCUT2D eigenvalue weighted by Crippen LogP contribution is 2.28. The zero-order valence-corrected chi connectivity index (χ0v) is 15.1. The summed E-state index contributed by atoms with van der Waals surface area (Å²) in [4.78, 5) is 22.7. The predicted octanol–water partition coefficient (Wildman–Crippen LogP) is 3.82. The molecule has 1 heterocycles. The molecule has 1 amide bonds. The Morgan fingerprint density at radius 3 is 2.54 bits per heavy atom. The Morgan fingerprint density at radius 1 is 1.21 bits per heavy atom. The van der Waals surface area contributed by atoms with E-state index in [4.69, 9.17) is 4.84 Å². The molecule has 6 heteroatoms. The molecule has 3 rings (SSSR count). The minimum Gasteiger partial charge on any atom is -0.326 e. The number of amidine groups is 1. The zero-order valence-electron chi connectivity index (χ0n) is 13.5. The van der Waals surface area contributed by atoms with Crippen LogP contribution >= 0.6 is 15.9 Å². The average Bonchev–Trinajstić information content (AvgIpc) is 2.83. The number of nitrogens with zero attached hydrogens (tertiary/aromatic N) is 2. The Bertz CT molecular complexity index is 762. The van der Waals surface area contributed by atoms with Crippen LogP contribution in [0, 0.1) is 0 Å². The Morgan fingerprint density at radius 2 is 1.88 bits per heavy atom. The highest BCUT2D eigenvalue weighted by molar-refractivity contribution is 9.10. The predicted molar refractivity (Wildman–Crippen MR) is 97.6 cm³/mol. The number of hydrogen-bond donors (Lipinski definition) is 1. The van der Waals surface area contributed by atoms with Crippen LogP contribution in [0.5, 0.6) is 0 Å². The number of para-hydroxylation sites is 1. The summed E-state index contributed by atoms with van der Waals surface area (Å²) in [5, 5.41) is 4.47. The van der Waals surface area contributed by atoms with Crippen molar-refractivity contribution >= 4 is 33.4 Å². The molecule has 5 nitrogen and oxygen atoms in total. The Hall–Kier alpha value is -2.18. The van der Waals surface area contributed by atoms with E-state index in [-0.39, 0.29) is 12.3 Å². The fourth-order valence-corrected chi connectivity index (χ4v) is 2.86. The number of carbonyl (C=O) groups excluding carboxylic acids is 1. The molecule has 0 bridgehead atoms. The van der Waals surface area contributed by atoms with E-state index in [9.17, 15) is 4.79 Å². The number of anilines is 1. The van der Waals surface area contributed by atoms with E-state index < -0.39 is 5.72 Å². The number of hydrogen-bond acceptors (Lipinski definition) is 4. The summed E-state index contributed by atoms with van der Waals surface area (Å²) in [7, 11) is 1.79. The molecule has 0 saturated heterocycles. The van der Waals surface area contributed by atoms with Crippen molar-refractivity contribution in [1.29, 1.82) is 0 Å². The molecule has 0 aliphatic carbocycles. The van der Waals surface area contributed by atoms with Crippen LogP contribution in [0.25, 0.3) is 0 Å². The van der Waals surface area contributed by atoms with E-state index in [1.165, 1.54) is 0 Å². The topological polar surface area (TPSA) is 53.9 Å². The summed E-state index contributed by atoms with van der Waals surface area (Å²) in [5.41, 5.74) is 0.776. The van der Waals surface area contributed by atoms with E-state index in [1.54, 1.807) is 19.0 Å². The first-order valence-electron chi connectivity index (χ1n) is 7.59. The molecule has 1 aliphatic heterocycles. The van der Waals surface area contributed by atoms with Gasteiger partial charge in [-0.05, 0) is 31.2 Å². The van der Waals surface area contributed by atoms with E-state index in [0.717, 1.165) is 15.7 Å². The molecule has 1 aliphatic rings. The molecule has 24 heavy (non-hydrogen) atoms. The van der Waals surface area contributed by atoms with Crippen molar-refractivity contribution in [2.24, 2.45) is 4.99 Å². The maximum atomic E-state index is 12.3. The third kappa shape index (κ3) is 3.83. The zero-order chi connectivity index (χ0) is 17.2. The fraction of sp³-hybridized carbons (Fsp3) is 0.222. The quantitative estimate of drug-likeness (QED) is 0.867. The first-order chi connectivity index (χ1) is 11.5. The third-order valence-electron chi connectivity index (χ3n) is 3.62. The van der Waals surface area contributed by atoms with Crippen molar-refractivity contribution in [3.8, 4) is 0 Å². The van der Waals surface area contributed by atoms with Crippen LogP contribution in [0.4, 0.5) is 5.69 Å². The summed E-state index contributed by atoms with van der Waals surface area (Å²) < 4.78 is 0.999. The van der Waals surface area contributed by atoms with Gasteiger partial charge in [0.25, 0.3) is 0 Å². The Kier molecular flexibility index (Phi) is 4.69. The van der Waals surface area contributed by atoms with E-state index in [1.807, 2.05) is 54.6 Å². The molecule has 0 saturated carbocycles. The van der Waals surface area contributed by atoms with Gasteiger partial charge in [0, 0.05) is 22.8 Å². The van der Waals surface area contributed by atoms with Gasteiger partial charge in [0.15, 0.2) is 11.6 Å². The van der Waals surface area contributed by atoms with Crippen LogP contribution < -0.4 is 5.32 Å². The number of halogens is 1. The maximum Gasteiger partial charge on any atom is 0.229 e. The van der Waals surface area contributed by atoms with Crippen LogP contribution in [-0.2, 0) is 9.63 Å². The van der Waals surface area contributed by atoms with E-state index in [0.29, 0.717) is 5.84 Å². The molecular weight excluding hydrogens is 370 g/mol. The molecule has 1 atom stereocenters. The Labute approximate surface area is 149 Å². The van der Waals surface area contributed by atoms with Crippen molar-refractivity contribution in [2.45, 2.75) is 19.1 Å². The number of hydroxylamine groups is 2. The van der Waals surface area contributed by atoms with Gasteiger partial charge >= 0.3 is 0 Å². The number of carbonyl (C=O) groups is 1. The lowest BCUT2D eigenvalue weighted by Gasteiger charge is -2.21. The summed E-state index contributed by atoms with van der Waals surface area (Å²) in [5.74, 6) is 0.565. The number of rotatable bonds is 4. The molecule has 0 spiro atoms. The second kappa shape index (κ2) is 6.75. The number of nitrogens with one attached hydrogen (secondary N) is 1. The maximum absolute atomic E-state index is 12.3.